The summed E-state index contributed by atoms with van der Waals surface area (Å²) in [7, 11) is 0. The summed E-state index contributed by atoms with van der Waals surface area (Å²) in [5.41, 5.74) is 0. The maximum Gasteiger partial charge on any atom is 0.320 e. The minimum Gasteiger partial charge on any atom is -0.480 e. The average molecular weight is 155 g/mol. The molecule has 0 saturated carbocycles. The van der Waals surface area contributed by atoms with Crippen LogP contribution in [0.25, 0.3) is 0 Å². The van der Waals surface area contributed by atoms with Gasteiger partial charge in [-0.3, -0.25) is 4.79 Å². The number of carboxylic acids is 1. The Hall–Kier alpha value is -0.830. The van der Waals surface area contributed by atoms with Gasteiger partial charge in [-0.15, -0.1) is 6.58 Å². The van der Waals surface area contributed by atoms with Gasteiger partial charge in [-0.2, -0.15) is 0 Å². The maximum absolute atomic E-state index is 10.5. The van der Waals surface area contributed by atoms with Crippen molar-refractivity contribution in [3.05, 3.63) is 12.7 Å². The summed E-state index contributed by atoms with van der Waals surface area (Å²) in [5, 5.41) is 11.6. The van der Waals surface area contributed by atoms with Crippen molar-refractivity contribution in [1.82, 2.24) is 5.32 Å². The van der Waals surface area contributed by atoms with Crippen molar-refractivity contribution in [3.8, 4) is 0 Å². The molecule has 2 unspecified atom stereocenters. The van der Waals surface area contributed by atoms with Crippen LogP contribution in [0.4, 0.5) is 0 Å². The van der Waals surface area contributed by atoms with Crippen molar-refractivity contribution in [2.75, 3.05) is 0 Å². The van der Waals surface area contributed by atoms with Crippen LogP contribution in [0.2, 0.25) is 0 Å². The molecule has 3 nitrogen and oxygen atoms in total. The zero-order valence-corrected chi connectivity index (χ0v) is 6.42. The molecular formula is C8H13NO2. The molecule has 0 aromatic carbocycles. The zero-order chi connectivity index (χ0) is 8.27. The Morgan fingerprint density at radius 2 is 2.45 bits per heavy atom. The van der Waals surface area contributed by atoms with Crippen LogP contribution < -0.4 is 5.32 Å². The summed E-state index contributed by atoms with van der Waals surface area (Å²) in [4.78, 5) is 10.5. The maximum atomic E-state index is 10.5. The van der Waals surface area contributed by atoms with Gasteiger partial charge in [0.1, 0.15) is 6.04 Å². The minimum absolute atomic E-state index is 0.327. The first-order chi connectivity index (χ1) is 5.24. The molecule has 1 heterocycles. The lowest BCUT2D eigenvalue weighted by Crippen LogP contribution is -2.34. The van der Waals surface area contributed by atoms with E-state index in [0.717, 1.165) is 19.3 Å². The van der Waals surface area contributed by atoms with Crippen LogP contribution in [0.15, 0.2) is 12.7 Å². The molecule has 2 atom stereocenters. The van der Waals surface area contributed by atoms with E-state index >= 15 is 0 Å². The number of hydrogen-bond acceptors (Lipinski definition) is 2. The summed E-state index contributed by atoms with van der Waals surface area (Å²) in [5.74, 6) is -0.739. The van der Waals surface area contributed by atoms with Gasteiger partial charge in [-0.05, 0) is 19.3 Å². The van der Waals surface area contributed by atoms with Gasteiger partial charge in [-0.1, -0.05) is 6.08 Å². The summed E-state index contributed by atoms with van der Waals surface area (Å²) < 4.78 is 0. The highest BCUT2D eigenvalue weighted by Crippen LogP contribution is 2.14. The third kappa shape index (κ3) is 2.05. The number of carbonyl (C=O) groups is 1. The van der Waals surface area contributed by atoms with Crippen molar-refractivity contribution in [3.63, 3.8) is 0 Å². The molecule has 0 bridgehead atoms. The largest absolute Gasteiger partial charge is 0.480 e. The smallest absolute Gasteiger partial charge is 0.320 e. The molecule has 0 aromatic heterocycles. The summed E-state index contributed by atoms with van der Waals surface area (Å²) in [6.45, 7) is 3.61. The second kappa shape index (κ2) is 3.53. The van der Waals surface area contributed by atoms with Gasteiger partial charge in [-0.25, -0.2) is 0 Å². The predicted octanol–water partition coefficient (Wildman–Crippen LogP) is 0.768. The van der Waals surface area contributed by atoms with E-state index in [1.807, 2.05) is 6.08 Å². The molecule has 3 heteroatoms. The van der Waals surface area contributed by atoms with E-state index in [2.05, 4.69) is 11.9 Å². The van der Waals surface area contributed by atoms with Gasteiger partial charge in [0.05, 0.1) is 0 Å². The molecule has 0 aliphatic carbocycles. The Kier molecular flexibility index (Phi) is 2.65. The Labute approximate surface area is 66.1 Å². The fourth-order valence-electron chi connectivity index (χ4n) is 1.40. The van der Waals surface area contributed by atoms with Crippen molar-refractivity contribution < 1.29 is 9.90 Å². The van der Waals surface area contributed by atoms with E-state index < -0.39 is 5.97 Å². The number of aliphatic carboxylic acids is 1. The minimum atomic E-state index is -0.739. The summed E-state index contributed by atoms with van der Waals surface area (Å²) in [6.07, 6.45) is 4.38. The van der Waals surface area contributed by atoms with E-state index in [9.17, 15) is 4.79 Å². The predicted molar refractivity (Wildman–Crippen MR) is 42.4 cm³/mol. The van der Waals surface area contributed by atoms with Gasteiger partial charge in [0.15, 0.2) is 0 Å². The molecule has 2 N–H and O–H groups in total. The van der Waals surface area contributed by atoms with Crippen LogP contribution in [0.1, 0.15) is 19.3 Å². The fraction of sp³-hybridized carbons (Fsp3) is 0.625. The quantitative estimate of drug-likeness (QED) is 0.592. The molecule has 0 amide bonds. The van der Waals surface area contributed by atoms with Crippen molar-refractivity contribution in [2.45, 2.75) is 31.3 Å². The number of nitrogens with one attached hydrogen (secondary N) is 1. The molecule has 0 spiro atoms. The summed E-state index contributed by atoms with van der Waals surface area (Å²) in [6, 6.07) is -0.00597. The van der Waals surface area contributed by atoms with Gasteiger partial charge >= 0.3 is 5.97 Å². The molecule has 1 saturated heterocycles. The Balaban J connectivity index is 2.34. The monoisotopic (exact) mass is 155 g/mol. The molecule has 1 rings (SSSR count). The van der Waals surface area contributed by atoms with Gasteiger partial charge in [0, 0.05) is 6.04 Å². The SMILES string of the molecule is C=CCC1CCC(C(=O)O)N1. The van der Waals surface area contributed by atoms with Crippen LogP contribution in [-0.4, -0.2) is 23.2 Å². The molecule has 0 radical (unpaired) electrons. The van der Waals surface area contributed by atoms with Crippen LogP contribution in [0.3, 0.4) is 0 Å². The van der Waals surface area contributed by atoms with Crippen LogP contribution >= 0.6 is 0 Å². The first-order valence-electron chi connectivity index (χ1n) is 3.83. The third-order valence-corrected chi connectivity index (χ3v) is 1.99. The van der Waals surface area contributed by atoms with E-state index in [0.29, 0.717) is 6.04 Å². The Bertz CT molecular complexity index is 167. The van der Waals surface area contributed by atoms with Gasteiger partial charge < -0.3 is 10.4 Å². The molecule has 11 heavy (non-hydrogen) atoms. The lowest BCUT2D eigenvalue weighted by atomic mass is 10.1. The van der Waals surface area contributed by atoms with Crippen molar-refractivity contribution in [1.29, 1.82) is 0 Å². The average Bonchev–Trinajstić information content (AvgIpc) is 2.37. The molecule has 0 aromatic rings. The lowest BCUT2D eigenvalue weighted by Gasteiger charge is -2.07. The fourth-order valence-corrected chi connectivity index (χ4v) is 1.40. The van der Waals surface area contributed by atoms with Gasteiger partial charge in [0.2, 0.25) is 0 Å². The topological polar surface area (TPSA) is 49.3 Å². The van der Waals surface area contributed by atoms with Crippen LogP contribution in [0, 0.1) is 0 Å². The van der Waals surface area contributed by atoms with Crippen LogP contribution in [0.5, 0.6) is 0 Å². The molecule has 1 fully saturated rings. The standard InChI is InChI=1S/C8H13NO2/c1-2-3-6-4-5-7(9-6)8(10)11/h2,6-7,9H,1,3-5H2,(H,10,11). The molecular weight excluding hydrogens is 142 g/mol. The first-order valence-corrected chi connectivity index (χ1v) is 3.83. The second-order valence-corrected chi connectivity index (χ2v) is 2.86. The zero-order valence-electron chi connectivity index (χ0n) is 6.42. The lowest BCUT2D eigenvalue weighted by molar-refractivity contribution is -0.139. The summed E-state index contributed by atoms with van der Waals surface area (Å²) >= 11 is 0. The van der Waals surface area contributed by atoms with Gasteiger partial charge in [0.25, 0.3) is 0 Å². The second-order valence-electron chi connectivity index (χ2n) is 2.86. The van der Waals surface area contributed by atoms with E-state index in [1.165, 1.54) is 0 Å². The van der Waals surface area contributed by atoms with Crippen LogP contribution in [-0.2, 0) is 4.79 Å². The van der Waals surface area contributed by atoms with E-state index in [1.54, 1.807) is 0 Å². The van der Waals surface area contributed by atoms with Crippen molar-refractivity contribution >= 4 is 5.97 Å². The number of carboxylic acid groups (broad SMARTS) is 1. The van der Waals surface area contributed by atoms with E-state index in [-0.39, 0.29) is 6.04 Å². The first kappa shape index (κ1) is 8.27. The molecule has 1 aliphatic heterocycles. The Morgan fingerprint density at radius 1 is 1.73 bits per heavy atom. The third-order valence-electron chi connectivity index (χ3n) is 1.99. The highest BCUT2D eigenvalue weighted by Gasteiger charge is 2.27. The highest BCUT2D eigenvalue weighted by atomic mass is 16.4. The molecule has 1 aliphatic rings. The molecule has 62 valence electrons. The number of rotatable bonds is 3. The van der Waals surface area contributed by atoms with Crippen molar-refractivity contribution in [2.24, 2.45) is 0 Å². The number of hydrogen-bond donors (Lipinski definition) is 2. The normalized spacial score (nSPS) is 30.2. The Morgan fingerprint density at radius 3 is 2.91 bits per heavy atom. The highest BCUT2D eigenvalue weighted by molar-refractivity contribution is 5.73. The van der Waals surface area contributed by atoms with E-state index in [4.69, 9.17) is 5.11 Å².